The van der Waals surface area contributed by atoms with Crippen LogP contribution in [0.1, 0.15) is 28.2 Å². The van der Waals surface area contributed by atoms with Gasteiger partial charge in [-0.25, -0.2) is 14.4 Å². The van der Waals surface area contributed by atoms with Crippen LogP contribution in [0.5, 0.6) is 5.75 Å². The average molecular weight is 533 g/mol. The number of para-hydroxylation sites is 1. The highest BCUT2D eigenvalue weighted by atomic mass is 19.1. The maximum Gasteiger partial charge on any atom is 0.233 e. The third kappa shape index (κ3) is 4.83. The maximum absolute atomic E-state index is 14.4. The highest BCUT2D eigenvalue weighted by Gasteiger charge is 2.27. The van der Waals surface area contributed by atoms with Crippen LogP contribution < -0.4 is 9.64 Å². The number of methoxy groups -OCH3 is 1. The molecule has 0 fully saturated rings. The molecule has 3 heterocycles. The minimum atomic E-state index is -0.406. The molecule has 0 unspecified atom stereocenters. The predicted molar refractivity (Wildman–Crippen MR) is 147 cm³/mol. The number of anilines is 1. The van der Waals surface area contributed by atoms with Crippen LogP contribution in [0.25, 0.3) is 11.3 Å². The summed E-state index contributed by atoms with van der Waals surface area (Å²) >= 11 is 0. The van der Waals surface area contributed by atoms with E-state index in [1.165, 1.54) is 12.1 Å². The standard InChI is InChI=1S/C31H25FN6O2/c1-40-29-5-3-2-4-26(29)27-18-36-17-23-10-11-24(32)12-28(23)38(19-30(36)35-27)31(39)13-25-15-34-20-37(25)16-22-8-6-21(14-33)7-9-22/h2-12,15,18,20H,13,16-17,19H2,1H3. The van der Waals surface area contributed by atoms with Crippen LogP contribution in [0, 0.1) is 17.1 Å². The molecule has 8 nitrogen and oxygen atoms in total. The topological polar surface area (TPSA) is 89.0 Å². The zero-order valence-corrected chi connectivity index (χ0v) is 21.8. The van der Waals surface area contributed by atoms with E-state index in [-0.39, 0.29) is 18.9 Å². The molecular weight excluding hydrogens is 507 g/mol. The number of hydrogen-bond acceptors (Lipinski definition) is 5. The Labute approximate surface area is 230 Å². The number of ether oxygens (including phenoxy) is 1. The molecule has 5 aromatic rings. The van der Waals surface area contributed by atoms with Crippen molar-refractivity contribution in [1.29, 1.82) is 5.26 Å². The number of fused-ring (bicyclic) bond motifs is 2. The number of aromatic nitrogens is 4. The molecule has 2 aromatic heterocycles. The molecule has 0 bridgehead atoms. The number of halogens is 1. The Morgan fingerprint density at radius 2 is 1.93 bits per heavy atom. The number of carbonyl (C=O) groups is 1. The smallest absolute Gasteiger partial charge is 0.233 e. The lowest BCUT2D eigenvalue weighted by Crippen LogP contribution is -2.33. The molecule has 1 amide bonds. The molecule has 9 heteroatoms. The summed E-state index contributed by atoms with van der Waals surface area (Å²) in [7, 11) is 1.62. The number of hydrogen-bond donors (Lipinski definition) is 0. The van der Waals surface area contributed by atoms with Crippen LogP contribution in [0.4, 0.5) is 10.1 Å². The van der Waals surface area contributed by atoms with E-state index in [2.05, 4.69) is 11.1 Å². The van der Waals surface area contributed by atoms with E-state index in [4.69, 9.17) is 15.0 Å². The molecule has 3 aromatic carbocycles. The Balaban J connectivity index is 1.31. The van der Waals surface area contributed by atoms with Gasteiger partial charge < -0.3 is 18.8 Å². The van der Waals surface area contributed by atoms with Gasteiger partial charge in [0.2, 0.25) is 5.91 Å². The molecule has 198 valence electrons. The summed E-state index contributed by atoms with van der Waals surface area (Å²) in [4.78, 5) is 24.6. The molecule has 0 saturated heterocycles. The van der Waals surface area contributed by atoms with E-state index in [1.54, 1.807) is 42.7 Å². The molecular formula is C31H25FN6O2. The summed E-state index contributed by atoms with van der Waals surface area (Å²) in [6.45, 7) is 1.15. The molecule has 0 N–H and O–H groups in total. The van der Waals surface area contributed by atoms with Gasteiger partial charge in [-0.1, -0.05) is 30.3 Å². The number of nitriles is 1. The van der Waals surface area contributed by atoms with Crippen molar-refractivity contribution in [2.45, 2.75) is 26.1 Å². The van der Waals surface area contributed by atoms with Gasteiger partial charge in [0.1, 0.15) is 17.4 Å². The first-order valence-corrected chi connectivity index (χ1v) is 12.8. The third-order valence-corrected chi connectivity index (χ3v) is 7.09. The van der Waals surface area contributed by atoms with Crippen molar-refractivity contribution in [3.8, 4) is 23.1 Å². The van der Waals surface area contributed by atoms with Crippen LogP contribution >= 0.6 is 0 Å². The molecule has 0 spiro atoms. The summed E-state index contributed by atoms with van der Waals surface area (Å²) in [5, 5.41) is 9.06. The van der Waals surface area contributed by atoms with E-state index in [9.17, 15) is 9.18 Å². The van der Waals surface area contributed by atoms with Gasteiger partial charge in [0, 0.05) is 30.2 Å². The molecule has 6 rings (SSSR count). The average Bonchev–Trinajstić information content (AvgIpc) is 3.55. The van der Waals surface area contributed by atoms with Crippen molar-refractivity contribution in [3.63, 3.8) is 0 Å². The lowest BCUT2D eigenvalue weighted by molar-refractivity contribution is -0.118. The summed E-state index contributed by atoms with van der Waals surface area (Å²) in [6.07, 6.45) is 5.38. The van der Waals surface area contributed by atoms with Crippen LogP contribution in [0.2, 0.25) is 0 Å². The van der Waals surface area contributed by atoms with E-state index < -0.39 is 5.82 Å². The van der Waals surface area contributed by atoms with Crippen molar-refractivity contribution in [2.24, 2.45) is 0 Å². The first-order valence-electron chi connectivity index (χ1n) is 12.8. The zero-order valence-electron chi connectivity index (χ0n) is 21.8. The van der Waals surface area contributed by atoms with Crippen molar-refractivity contribution in [3.05, 3.63) is 119 Å². The minimum Gasteiger partial charge on any atom is -0.496 e. The Kier molecular flexibility index (Phi) is 6.58. The van der Waals surface area contributed by atoms with Gasteiger partial charge in [0.15, 0.2) is 0 Å². The van der Waals surface area contributed by atoms with Gasteiger partial charge in [-0.2, -0.15) is 5.26 Å². The fourth-order valence-electron chi connectivity index (χ4n) is 5.03. The lowest BCUT2D eigenvalue weighted by Gasteiger charge is -2.23. The Morgan fingerprint density at radius 3 is 2.73 bits per heavy atom. The number of rotatable bonds is 6. The van der Waals surface area contributed by atoms with E-state index in [0.29, 0.717) is 35.9 Å². The SMILES string of the molecule is COc1ccccc1-c1cn2c(n1)CN(C(=O)Cc1cncn1Cc1ccc(C#N)cc1)c1cc(F)ccc1C2. The Morgan fingerprint density at radius 1 is 1.10 bits per heavy atom. The monoisotopic (exact) mass is 532 g/mol. The van der Waals surface area contributed by atoms with E-state index in [0.717, 1.165) is 28.1 Å². The normalized spacial score (nSPS) is 12.3. The quantitative estimate of drug-likeness (QED) is 0.309. The summed E-state index contributed by atoms with van der Waals surface area (Å²) in [5.41, 5.74) is 5.26. The molecule has 1 aliphatic rings. The molecule has 0 radical (unpaired) electrons. The van der Waals surface area contributed by atoms with Gasteiger partial charge in [-0.3, -0.25) is 4.79 Å². The second-order valence-corrected chi connectivity index (χ2v) is 9.62. The van der Waals surface area contributed by atoms with Crippen LogP contribution in [-0.4, -0.2) is 32.1 Å². The molecule has 0 atom stereocenters. The zero-order chi connectivity index (χ0) is 27.6. The van der Waals surface area contributed by atoms with Gasteiger partial charge in [0.05, 0.1) is 56.0 Å². The Bertz CT molecular complexity index is 1750. The van der Waals surface area contributed by atoms with E-state index in [1.807, 2.05) is 51.7 Å². The largest absolute Gasteiger partial charge is 0.496 e. The number of amides is 1. The summed E-state index contributed by atoms with van der Waals surface area (Å²) in [5.74, 6) is 0.805. The lowest BCUT2D eigenvalue weighted by atomic mass is 10.1. The number of imidazole rings is 2. The minimum absolute atomic E-state index is 0.0757. The number of carbonyl (C=O) groups excluding carboxylic acids is 1. The number of nitrogens with zero attached hydrogens (tertiary/aromatic N) is 6. The van der Waals surface area contributed by atoms with Gasteiger partial charge >= 0.3 is 0 Å². The van der Waals surface area contributed by atoms with Crippen LogP contribution in [0.3, 0.4) is 0 Å². The second kappa shape index (κ2) is 10.5. The summed E-state index contributed by atoms with van der Waals surface area (Å²) in [6, 6.07) is 21.6. The highest BCUT2D eigenvalue weighted by molar-refractivity contribution is 5.95. The molecule has 0 aliphatic carbocycles. The third-order valence-electron chi connectivity index (χ3n) is 7.09. The number of benzene rings is 3. The fraction of sp³-hybridized carbons (Fsp3) is 0.161. The maximum atomic E-state index is 14.4. The van der Waals surface area contributed by atoms with Gasteiger partial charge in [-0.05, 0) is 47.5 Å². The van der Waals surface area contributed by atoms with Crippen LogP contribution in [0.15, 0.2) is 85.5 Å². The van der Waals surface area contributed by atoms with Gasteiger partial charge in [0.25, 0.3) is 0 Å². The van der Waals surface area contributed by atoms with Crippen molar-refractivity contribution in [2.75, 3.05) is 12.0 Å². The van der Waals surface area contributed by atoms with Crippen LogP contribution in [-0.2, 0) is 30.8 Å². The fourth-order valence-corrected chi connectivity index (χ4v) is 5.03. The predicted octanol–water partition coefficient (Wildman–Crippen LogP) is 4.95. The second-order valence-electron chi connectivity index (χ2n) is 9.62. The first kappa shape index (κ1) is 25.1. The summed E-state index contributed by atoms with van der Waals surface area (Å²) < 4.78 is 23.9. The first-order chi connectivity index (χ1) is 19.5. The molecule has 1 aliphatic heterocycles. The molecule has 0 saturated carbocycles. The van der Waals surface area contributed by atoms with Crippen molar-refractivity contribution < 1.29 is 13.9 Å². The molecule has 40 heavy (non-hydrogen) atoms. The Hall–Kier alpha value is -5.23. The van der Waals surface area contributed by atoms with Gasteiger partial charge in [-0.15, -0.1) is 0 Å². The van der Waals surface area contributed by atoms with Crippen molar-refractivity contribution in [1.82, 2.24) is 19.1 Å². The van der Waals surface area contributed by atoms with E-state index >= 15 is 0 Å². The van der Waals surface area contributed by atoms with Crippen molar-refractivity contribution >= 4 is 11.6 Å². The highest BCUT2D eigenvalue weighted by Crippen LogP contribution is 2.33.